The maximum absolute atomic E-state index is 12.7. The molecule has 0 amide bonds. The lowest BCUT2D eigenvalue weighted by Crippen LogP contribution is -2.42. The number of halogens is 4. The molecular formula is C10H11F3IN3. The van der Waals surface area contributed by atoms with Gasteiger partial charge in [0.25, 0.3) is 0 Å². The third-order valence-corrected chi connectivity index (χ3v) is 3.59. The topological polar surface area (TPSA) is 29.0 Å². The van der Waals surface area contributed by atoms with Crippen LogP contribution in [-0.4, -0.2) is 29.2 Å². The number of hydrogen-bond acceptors (Lipinski definition) is 3. The van der Waals surface area contributed by atoms with E-state index >= 15 is 0 Å². The van der Waals surface area contributed by atoms with Crippen molar-refractivity contribution in [2.75, 3.05) is 18.0 Å². The highest BCUT2D eigenvalue weighted by Crippen LogP contribution is 2.34. The number of piperidine rings is 1. The van der Waals surface area contributed by atoms with Gasteiger partial charge in [-0.1, -0.05) is 0 Å². The fourth-order valence-corrected chi connectivity index (χ4v) is 2.62. The Morgan fingerprint density at radius 2 is 2.18 bits per heavy atom. The van der Waals surface area contributed by atoms with Gasteiger partial charge >= 0.3 is 6.18 Å². The molecule has 2 rings (SSSR count). The zero-order chi connectivity index (χ0) is 12.5. The van der Waals surface area contributed by atoms with Gasteiger partial charge in [-0.05, 0) is 35.4 Å². The summed E-state index contributed by atoms with van der Waals surface area (Å²) in [5, 5.41) is 0. The monoisotopic (exact) mass is 357 g/mol. The maximum atomic E-state index is 12.7. The summed E-state index contributed by atoms with van der Waals surface area (Å²) in [7, 11) is 0. The van der Waals surface area contributed by atoms with E-state index in [-0.39, 0.29) is 13.0 Å². The molecule has 1 aliphatic heterocycles. The Morgan fingerprint density at radius 3 is 2.82 bits per heavy atom. The van der Waals surface area contributed by atoms with Crippen LogP contribution in [0.1, 0.15) is 12.8 Å². The summed E-state index contributed by atoms with van der Waals surface area (Å²) in [6, 6.07) is 0. The van der Waals surface area contributed by atoms with Crippen LogP contribution in [0.4, 0.5) is 19.0 Å². The fraction of sp³-hybridized carbons (Fsp3) is 0.600. The number of rotatable bonds is 1. The number of hydrogen-bond donors (Lipinski definition) is 0. The minimum absolute atomic E-state index is 0.00346. The van der Waals surface area contributed by atoms with E-state index in [9.17, 15) is 13.2 Å². The quantitative estimate of drug-likeness (QED) is 0.724. The molecule has 1 aromatic rings. The fourth-order valence-electron chi connectivity index (χ4n) is 1.98. The van der Waals surface area contributed by atoms with Crippen molar-refractivity contribution >= 4 is 28.4 Å². The molecule has 0 saturated carbocycles. The summed E-state index contributed by atoms with van der Waals surface area (Å²) in [5.74, 6) is -0.642. The number of alkyl halides is 3. The van der Waals surface area contributed by atoms with E-state index in [1.807, 2.05) is 22.6 Å². The van der Waals surface area contributed by atoms with Crippen LogP contribution in [0, 0.1) is 9.49 Å². The molecule has 1 fully saturated rings. The number of anilines is 1. The first-order valence-electron chi connectivity index (χ1n) is 5.25. The summed E-state index contributed by atoms with van der Waals surface area (Å²) in [6.45, 7) is 0.621. The average molecular weight is 357 g/mol. The Balaban J connectivity index is 2.15. The van der Waals surface area contributed by atoms with Crippen LogP contribution in [0.2, 0.25) is 0 Å². The molecule has 0 aliphatic carbocycles. The minimum Gasteiger partial charge on any atom is -0.355 e. The van der Waals surface area contributed by atoms with Crippen LogP contribution in [0.5, 0.6) is 0 Å². The van der Waals surface area contributed by atoms with Gasteiger partial charge in [0.05, 0.1) is 9.49 Å². The molecule has 2 heterocycles. The van der Waals surface area contributed by atoms with Crippen LogP contribution in [0.3, 0.4) is 0 Å². The van der Waals surface area contributed by atoms with E-state index in [0.29, 0.717) is 18.8 Å². The van der Waals surface area contributed by atoms with Crippen molar-refractivity contribution in [2.45, 2.75) is 19.0 Å². The van der Waals surface area contributed by atoms with Crippen molar-refractivity contribution in [1.82, 2.24) is 9.97 Å². The van der Waals surface area contributed by atoms with Gasteiger partial charge in [0.1, 0.15) is 12.1 Å². The van der Waals surface area contributed by atoms with Gasteiger partial charge in [-0.3, -0.25) is 0 Å². The second-order valence-electron chi connectivity index (χ2n) is 4.02. The van der Waals surface area contributed by atoms with Crippen LogP contribution in [0.15, 0.2) is 12.5 Å². The molecule has 0 N–H and O–H groups in total. The molecule has 3 nitrogen and oxygen atoms in total. The summed E-state index contributed by atoms with van der Waals surface area (Å²) in [5.41, 5.74) is 0. The molecule has 0 spiro atoms. The van der Waals surface area contributed by atoms with Gasteiger partial charge in [0.15, 0.2) is 0 Å². The molecule has 7 heteroatoms. The van der Waals surface area contributed by atoms with E-state index < -0.39 is 12.1 Å². The van der Waals surface area contributed by atoms with Crippen LogP contribution in [-0.2, 0) is 0 Å². The Kier molecular flexibility index (Phi) is 3.74. The first-order valence-corrected chi connectivity index (χ1v) is 6.33. The summed E-state index contributed by atoms with van der Waals surface area (Å²) in [6.07, 6.45) is -0.377. The molecule has 17 heavy (non-hydrogen) atoms. The molecule has 1 saturated heterocycles. The lowest BCUT2D eigenvalue weighted by atomic mass is 9.97. The molecule has 1 aromatic heterocycles. The van der Waals surface area contributed by atoms with Crippen LogP contribution < -0.4 is 4.90 Å². The lowest BCUT2D eigenvalue weighted by molar-refractivity contribution is -0.176. The largest absolute Gasteiger partial charge is 0.393 e. The summed E-state index contributed by atoms with van der Waals surface area (Å²) < 4.78 is 38.8. The van der Waals surface area contributed by atoms with Crippen molar-refractivity contribution in [3.05, 3.63) is 16.1 Å². The van der Waals surface area contributed by atoms with Gasteiger partial charge in [-0.25, -0.2) is 9.97 Å². The molecular weight excluding hydrogens is 346 g/mol. The normalized spacial score (nSPS) is 21.6. The van der Waals surface area contributed by atoms with E-state index in [1.165, 1.54) is 6.33 Å². The molecule has 0 bridgehead atoms. The van der Waals surface area contributed by atoms with Gasteiger partial charge in [0.2, 0.25) is 0 Å². The zero-order valence-corrected chi connectivity index (χ0v) is 11.1. The zero-order valence-electron chi connectivity index (χ0n) is 8.91. The third kappa shape index (κ3) is 2.99. The second-order valence-corrected chi connectivity index (χ2v) is 5.18. The van der Waals surface area contributed by atoms with Gasteiger partial charge in [-0.2, -0.15) is 13.2 Å². The molecule has 1 aliphatic rings. The highest BCUT2D eigenvalue weighted by Gasteiger charge is 2.42. The molecule has 1 atom stereocenters. The Morgan fingerprint density at radius 1 is 1.41 bits per heavy atom. The predicted molar refractivity (Wildman–Crippen MR) is 65.7 cm³/mol. The van der Waals surface area contributed by atoms with E-state index in [4.69, 9.17) is 0 Å². The van der Waals surface area contributed by atoms with Crippen molar-refractivity contribution < 1.29 is 13.2 Å². The Bertz CT molecular complexity index is 397. The standard InChI is InChI=1S/C10H11F3IN3/c11-10(12,13)7-2-1-3-17(5-7)9-8(14)4-15-6-16-9/h4,6-7H,1-3,5H2. The van der Waals surface area contributed by atoms with Gasteiger partial charge in [-0.15, -0.1) is 0 Å². The highest BCUT2D eigenvalue weighted by molar-refractivity contribution is 14.1. The van der Waals surface area contributed by atoms with Crippen molar-refractivity contribution in [3.8, 4) is 0 Å². The smallest absolute Gasteiger partial charge is 0.355 e. The SMILES string of the molecule is FC(F)(F)C1CCCN(c2ncncc2I)C1. The highest BCUT2D eigenvalue weighted by atomic mass is 127. The van der Waals surface area contributed by atoms with Crippen LogP contribution >= 0.6 is 22.6 Å². The third-order valence-electron chi connectivity index (χ3n) is 2.83. The van der Waals surface area contributed by atoms with Gasteiger partial charge in [0, 0.05) is 19.3 Å². The van der Waals surface area contributed by atoms with Crippen LogP contribution in [0.25, 0.3) is 0 Å². The van der Waals surface area contributed by atoms with Crippen molar-refractivity contribution in [2.24, 2.45) is 5.92 Å². The first kappa shape index (κ1) is 12.8. The first-order chi connectivity index (χ1) is 7.98. The molecule has 94 valence electrons. The minimum atomic E-state index is -4.11. The summed E-state index contributed by atoms with van der Waals surface area (Å²) in [4.78, 5) is 9.60. The maximum Gasteiger partial charge on any atom is 0.393 e. The van der Waals surface area contributed by atoms with Crippen molar-refractivity contribution in [3.63, 3.8) is 0 Å². The van der Waals surface area contributed by atoms with Gasteiger partial charge < -0.3 is 4.90 Å². The molecule has 1 unspecified atom stereocenters. The number of nitrogens with zero attached hydrogens (tertiary/aromatic N) is 3. The second kappa shape index (κ2) is 4.95. The summed E-state index contributed by atoms with van der Waals surface area (Å²) >= 11 is 2.04. The van der Waals surface area contributed by atoms with E-state index in [2.05, 4.69) is 9.97 Å². The van der Waals surface area contributed by atoms with E-state index in [0.717, 1.165) is 3.57 Å². The Labute approximate surface area is 111 Å². The Hall–Kier alpha value is -0.600. The predicted octanol–water partition coefficient (Wildman–Crippen LogP) is 2.86. The molecule has 0 aromatic carbocycles. The van der Waals surface area contributed by atoms with Crippen molar-refractivity contribution in [1.29, 1.82) is 0 Å². The lowest BCUT2D eigenvalue weighted by Gasteiger charge is -2.34. The number of aromatic nitrogens is 2. The average Bonchev–Trinajstić information content (AvgIpc) is 2.29. The van der Waals surface area contributed by atoms with E-state index in [1.54, 1.807) is 11.1 Å². The molecule has 0 radical (unpaired) electrons.